The molecule has 10 nitrogen and oxygen atoms in total. The van der Waals surface area contributed by atoms with Crippen LogP contribution in [0.1, 0.15) is 23.8 Å². The Hall–Kier alpha value is -3.12. The molecule has 0 spiro atoms. The standard InChI is InChI=1S/C16H14ClF2N5O5/c1-9-7-16(26,15(18)19)23(20-9)14(25)12-4-5-22(21-12)8-29-13-3-2-10(24(27)28)6-11(13)17/h2-6,15,26H,7-8H2,1H3. The van der Waals surface area contributed by atoms with Gasteiger partial charge >= 0.3 is 0 Å². The van der Waals surface area contributed by atoms with Crippen molar-refractivity contribution in [2.45, 2.75) is 32.2 Å². The number of ether oxygens (including phenoxy) is 1. The molecule has 0 bridgehead atoms. The minimum Gasteiger partial charge on any atom is -0.470 e. The highest BCUT2D eigenvalue weighted by molar-refractivity contribution is 6.32. The van der Waals surface area contributed by atoms with Crippen LogP contribution >= 0.6 is 11.6 Å². The lowest BCUT2D eigenvalue weighted by Gasteiger charge is -2.29. The van der Waals surface area contributed by atoms with Crippen molar-refractivity contribution < 1.29 is 28.3 Å². The van der Waals surface area contributed by atoms with Crippen LogP contribution in [0.3, 0.4) is 0 Å². The maximum absolute atomic E-state index is 13.2. The van der Waals surface area contributed by atoms with E-state index in [-0.39, 0.29) is 34.6 Å². The van der Waals surface area contributed by atoms with Crippen molar-refractivity contribution >= 4 is 28.9 Å². The summed E-state index contributed by atoms with van der Waals surface area (Å²) in [6.07, 6.45) is -2.35. The number of halogens is 3. The SMILES string of the molecule is CC1=NN(C(=O)c2ccn(COc3ccc([N+](=O)[O-])cc3Cl)n2)C(O)(C(F)F)C1. The van der Waals surface area contributed by atoms with Crippen LogP contribution in [0.4, 0.5) is 14.5 Å². The number of carbonyl (C=O) groups excluding carboxylic acids is 1. The molecule has 2 heterocycles. The molecule has 1 amide bonds. The average molecular weight is 430 g/mol. The minimum atomic E-state index is -3.22. The summed E-state index contributed by atoms with van der Waals surface area (Å²) in [6, 6.07) is 4.88. The number of aliphatic hydroxyl groups is 1. The third-order valence-corrected chi connectivity index (χ3v) is 4.33. The topological polar surface area (TPSA) is 123 Å². The first-order chi connectivity index (χ1) is 13.6. The predicted molar refractivity (Wildman–Crippen MR) is 95.8 cm³/mol. The number of rotatable bonds is 6. The highest BCUT2D eigenvalue weighted by Crippen LogP contribution is 2.32. The number of carbonyl (C=O) groups is 1. The van der Waals surface area contributed by atoms with E-state index in [0.717, 1.165) is 6.07 Å². The van der Waals surface area contributed by atoms with Gasteiger partial charge in [0.15, 0.2) is 12.4 Å². The van der Waals surface area contributed by atoms with Crippen molar-refractivity contribution in [1.29, 1.82) is 0 Å². The first-order valence-corrected chi connectivity index (χ1v) is 8.49. The van der Waals surface area contributed by atoms with E-state index in [1.165, 1.54) is 36.0 Å². The number of benzene rings is 1. The Kier molecular flexibility index (Phi) is 5.48. The molecule has 1 aromatic carbocycles. The first-order valence-electron chi connectivity index (χ1n) is 8.11. The summed E-state index contributed by atoms with van der Waals surface area (Å²) in [5.41, 5.74) is -2.99. The fraction of sp³-hybridized carbons (Fsp3) is 0.312. The van der Waals surface area contributed by atoms with Gasteiger partial charge in [-0.1, -0.05) is 11.6 Å². The van der Waals surface area contributed by atoms with E-state index in [4.69, 9.17) is 16.3 Å². The Morgan fingerprint density at radius 1 is 1.48 bits per heavy atom. The Labute approximate surface area is 167 Å². The number of nitro benzene ring substituents is 1. The van der Waals surface area contributed by atoms with Gasteiger partial charge in [-0.15, -0.1) is 0 Å². The lowest BCUT2D eigenvalue weighted by atomic mass is 10.1. The zero-order chi connectivity index (χ0) is 21.3. The molecule has 0 saturated carbocycles. The Morgan fingerprint density at radius 3 is 2.83 bits per heavy atom. The monoisotopic (exact) mass is 429 g/mol. The molecule has 2 aromatic rings. The molecular formula is C16H14ClF2N5O5. The Bertz CT molecular complexity index is 998. The van der Waals surface area contributed by atoms with Gasteiger partial charge in [-0.2, -0.15) is 15.2 Å². The minimum absolute atomic E-state index is 0.00605. The van der Waals surface area contributed by atoms with Crippen LogP contribution < -0.4 is 4.74 Å². The molecule has 1 unspecified atom stereocenters. The maximum Gasteiger partial charge on any atom is 0.297 e. The van der Waals surface area contributed by atoms with E-state index in [0.29, 0.717) is 5.01 Å². The molecule has 154 valence electrons. The number of alkyl halides is 2. The molecule has 1 aromatic heterocycles. The number of hydrazone groups is 1. The molecule has 1 atom stereocenters. The molecule has 1 aliphatic rings. The van der Waals surface area contributed by atoms with Gasteiger partial charge in [0.2, 0.25) is 5.72 Å². The second-order valence-electron chi connectivity index (χ2n) is 6.19. The Balaban J connectivity index is 1.71. The van der Waals surface area contributed by atoms with Gasteiger partial charge in [0.1, 0.15) is 5.75 Å². The second kappa shape index (κ2) is 7.72. The van der Waals surface area contributed by atoms with Gasteiger partial charge in [-0.25, -0.2) is 13.5 Å². The lowest BCUT2D eigenvalue weighted by Crippen LogP contribution is -2.51. The number of hydrogen-bond donors (Lipinski definition) is 1. The highest BCUT2D eigenvalue weighted by Gasteiger charge is 2.51. The molecular weight excluding hydrogens is 416 g/mol. The molecule has 0 saturated heterocycles. The summed E-state index contributed by atoms with van der Waals surface area (Å²) in [5.74, 6) is -0.857. The molecule has 29 heavy (non-hydrogen) atoms. The molecule has 0 aliphatic carbocycles. The van der Waals surface area contributed by atoms with E-state index >= 15 is 0 Å². The van der Waals surface area contributed by atoms with Crippen LogP contribution in [-0.2, 0) is 6.73 Å². The zero-order valence-electron chi connectivity index (χ0n) is 14.8. The van der Waals surface area contributed by atoms with Gasteiger partial charge < -0.3 is 9.84 Å². The number of nitrogens with zero attached hydrogens (tertiary/aromatic N) is 5. The van der Waals surface area contributed by atoms with Crippen LogP contribution in [0.15, 0.2) is 35.6 Å². The normalized spacial score (nSPS) is 18.8. The molecule has 0 radical (unpaired) electrons. The molecule has 3 rings (SSSR count). The van der Waals surface area contributed by atoms with Gasteiger partial charge in [-0.3, -0.25) is 14.9 Å². The summed E-state index contributed by atoms with van der Waals surface area (Å²) >= 11 is 5.92. The van der Waals surface area contributed by atoms with Crippen LogP contribution in [0, 0.1) is 10.1 Å². The summed E-state index contributed by atoms with van der Waals surface area (Å²) in [6.45, 7) is 1.20. The van der Waals surface area contributed by atoms with E-state index < -0.39 is 29.4 Å². The van der Waals surface area contributed by atoms with Crippen molar-refractivity contribution in [2.75, 3.05) is 0 Å². The van der Waals surface area contributed by atoms with E-state index in [9.17, 15) is 28.8 Å². The fourth-order valence-electron chi connectivity index (χ4n) is 2.65. The van der Waals surface area contributed by atoms with Crippen molar-refractivity contribution in [3.8, 4) is 5.75 Å². The molecule has 1 aliphatic heterocycles. The van der Waals surface area contributed by atoms with Crippen LogP contribution in [0.2, 0.25) is 5.02 Å². The third-order valence-electron chi connectivity index (χ3n) is 4.03. The number of non-ortho nitro benzene ring substituents is 1. The summed E-state index contributed by atoms with van der Waals surface area (Å²) in [4.78, 5) is 22.6. The predicted octanol–water partition coefficient (Wildman–Crippen LogP) is 2.66. The highest BCUT2D eigenvalue weighted by atomic mass is 35.5. The van der Waals surface area contributed by atoms with E-state index in [1.54, 1.807) is 0 Å². The van der Waals surface area contributed by atoms with Crippen molar-refractivity contribution in [2.24, 2.45) is 5.10 Å². The molecule has 0 fully saturated rings. The zero-order valence-corrected chi connectivity index (χ0v) is 15.6. The average Bonchev–Trinajstić information content (AvgIpc) is 3.24. The van der Waals surface area contributed by atoms with Crippen molar-refractivity contribution in [1.82, 2.24) is 14.8 Å². The molecule has 13 heteroatoms. The van der Waals surface area contributed by atoms with Crippen LogP contribution in [0.5, 0.6) is 5.75 Å². The molecule has 1 N–H and O–H groups in total. The van der Waals surface area contributed by atoms with Crippen molar-refractivity contribution in [3.63, 3.8) is 0 Å². The van der Waals surface area contributed by atoms with Crippen LogP contribution in [-0.4, -0.2) is 48.6 Å². The smallest absolute Gasteiger partial charge is 0.297 e. The van der Waals surface area contributed by atoms with Gasteiger partial charge in [0, 0.05) is 30.5 Å². The Morgan fingerprint density at radius 2 is 2.21 bits per heavy atom. The van der Waals surface area contributed by atoms with E-state index in [2.05, 4.69) is 10.2 Å². The quantitative estimate of drug-likeness (QED) is 0.556. The third kappa shape index (κ3) is 4.03. The first kappa shape index (κ1) is 20.6. The summed E-state index contributed by atoms with van der Waals surface area (Å²) in [5, 5.41) is 28.8. The fourth-order valence-corrected chi connectivity index (χ4v) is 2.88. The number of amides is 1. The van der Waals surface area contributed by atoms with E-state index in [1.807, 2.05) is 0 Å². The van der Waals surface area contributed by atoms with Gasteiger partial charge in [-0.05, 0) is 19.1 Å². The largest absolute Gasteiger partial charge is 0.470 e. The van der Waals surface area contributed by atoms with Gasteiger partial charge in [0.05, 0.1) is 9.95 Å². The lowest BCUT2D eigenvalue weighted by molar-refractivity contribution is -0.384. The van der Waals surface area contributed by atoms with Crippen LogP contribution in [0.25, 0.3) is 0 Å². The summed E-state index contributed by atoms with van der Waals surface area (Å²) in [7, 11) is 0. The number of nitro groups is 1. The van der Waals surface area contributed by atoms with Gasteiger partial charge in [0.25, 0.3) is 18.0 Å². The number of aromatic nitrogens is 2. The van der Waals surface area contributed by atoms with Crippen molar-refractivity contribution in [3.05, 3.63) is 51.3 Å². The number of hydrogen-bond acceptors (Lipinski definition) is 7. The maximum atomic E-state index is 13.2. The second-order valence-corrected chi connectivity index (χ2v) is 6.60. The summed E-state index contributed by atoms with van der Waals surface area (Å²) < 4.78 is 33.0.